The van der Waals surface area contributed by atoms with Gasteiger partial charge in [-0.25, -0.2) is 17.5 Å². The zero-order valence-electron chi connectivity index (χ0n) is 22.3. The van der Waals surface area contributed by atoms with Crippen LogP contribution in [0.15, 0.2) is 72.8 Å². The Hall–Kier alpha value is -3.23. The summed E-state index contributed by atoms with van der Waals surface area (Å²) in [5, 5.41) is -0.806. The molecule has 1 saturated heterocycles. The molecule has 6 nitrogen and oxygen atoms in total. The van der Waals surface area contributed by atoms with Gasteiger partial charge < -0.3 is 4.74 Å². The van der Waals surface area contributed by atoms with Crippen LogP contribution in [0.2, 0.25) is 0 Å². The first-order chi connectivity index (χ1) is 18.7. The molecule has 8 heteroatoms. The van der Waals surface area contributed by atoms with Gasteiger partial charge in [-0.3, -0.25) is 9.69 Å². The largest absolute Gasteiger partial charge is 0.489 e. The van der Waals surface area contributed by atoms with E-state index in [0.29, 0.717) is 12.3 Å². The summed E-state index contributed by atoms with van der Waals surface area (Å²) in [7, 11) is -3.88. The molecule has 0 spiro atoms. The van der Waals surface area contributed by atoms with E-state index in [1.54, 1.807) is 0 Å². The molecule has 2 fully saturated rings. The highest BCUT2D eigenvalue weighted by molar-refractivity contribution is 7.90. The zero-order chi connectivity index (χ0) is 27.6. The van der Waals surface area contributed by atoms with E-state index in [2.05, 4.69) is 53.4 Å². The molecule has 1 saturated carbocycles. The third kappa shape index (κ3) is 6.34. The molecule has 0 bridgehead atoms. The van der Waals surface area contributed by atoms with E-state index in [-0.39, 0.29) is 23.6 Å². The summed E-state index contributed by atoms with van der Waals surface area (Å²) in [4.78, 5) is 15.1. The Kier molecular flexibility index (Phi) is 8.05. The molecule has 1 heterocycles. The van der Waals surface area contributed by atoms with Gasteiger partial charge in [0.1, 0.15) is 17.7 Å². The van der Waals surface area contributed by atoms with E-state index in [0.717, 1.165) is 37.8 Å². The molecular weight excluding hydrogens is 515 g/mol. The van der Waals surface area contributed by atoms with E-state index in [4.69, 9.17) is 4.74 Å². The molecule has 3 aromatic carbocycles. The fraction of sp³-hybridized carbons (Fsp3) is 0.387. The van der Waals surface area contributed by atoms with Gasteiger partial charge in [0.2, 0.25) is 10.0 Å². The molecule has 0 radical (unpaired) electrons. The molecule has 206 valence electrons. The maximum Gasteiger partial charge on any atom is 0.267 e. The number of benzene rings is 3. The molecule has 1 amide bonds. The Balaban J connectivity index is 1.38. The van der Waals surface area contributed by atoms with Crippen LogP contribution in [-0.2, 0) is 10.0 Å². The number of nitrogens with one attached hydrogen (secondary N) is 1. The van der Waals surface area contributed by atoms with Crippen LogP contribution in [0.5, 0.6) is 5.75 Å². The summed E-state index contributed by atoms with van der Waals surface area (Å²) in [6.07, 6.45) is 3.48. The predicted octanol–water partition coefficient (Wildman–Crippen LogP) is 5.80. The maximum atomic E-state index is 15.2. The van der Waals surface area contributed by atoms with Crippen LogP contribution in [0.4, 0.5) is 4.39 Å². The molecule has 1 unspecified atom stereocenters. The first-order valence-corrected chi connectivity index (χ1v) is 15.2. The number of hydrogen-bond acceptors (Lipinski definition) is 5. The number of hydrogen-bond donors (Lipinski definition) is 1. The lowest BCUT2D eigenvalue weighted by Crippen LogP contribution is -2.43. The average Bonchev–Trinajstić information content (AvgIpc) is 3.76. The summed E-state index contributed by atoms with van der Waals surface area (Å²) < 4.78 is 48.0. The number of piperidine rings is 1. The van der Waals surface area contributed by atoms with E-state index in [9.17, 15) is 13.2 Å². The minimum Gasteiger partial charge on any atom is -0.489 e. The van der Waals surface area contributed by atoms with Gasteiger partial charge in [-0.2, -0.15) is 0 Å². The lowest BCUT2D eigenvalue weighted by molar-refractivity contribution is 0.0703. The normalized spacial score (nSPS) is 18.3. The number of likely N-dealkylation sites (tertiary alicyclic amines) is 1. The quantitative estimate of drug-likeness (QED) is 0.364. The molecule has 1 aliphatic heterocycles. The third-order valence-corrected chi connectivity index (χ3v) is 9.23. The number of nitrogens with zero attached hydrogens (tertiary/aromatic N) is 1. The highest BCUT2D eigenvalue weighted by atomic mass is 32.2. The number of carbonyl (C=O) groups excluding carboxylic acids is 1. The lowest BCUT2D eigenvalue weighted by Gasteiger charge is -2.39. The molecule has 1 atom stereocenters. The van der Waals surface area contributed by atoms with Gasteiger partial charge in [0.15, 0.2) is 0 Å². The van der Waals surface area contributed by atoms with Crippen LogP contribution < -0.4 is 9.46 Å². The number of rotatable bonds is 9. The molecular formula is C31H35FN2O4S. The fourth-order valence-corrected chi connectivity index (χ4v) is 5.83. The highest BCUT2D eigenvalue weighted by Crippen LogP contribution is 2.46. The summed E-state index contributed by atoms with van der Waals surface area (Å²) in [6.45, 7) is 4.52. The topological polar surface area (TPSA) is 75.7 Å². The Morgan fingerprint density at radius 3 is 2.15 bits per heavy atom. The minimum absolute atomic E-state index is 0.0763. The minimum atomic E-state index is -3.88. The van der Waals surface area contributed by atoms with E-state index in [1.165, 1.54) is 37.1 Å². The standard InChI is InChI=1S/C31H35FN2O4S/c1-21(2)39(36,37)33-31(35)27-18-26(22-15-16-22)29(19-28(27)32)38-25-14-9-17-34(20-25)30(23-10-5-3-6-11-23)24-12-7-4-8-13-24/h3-8,10-13,18-19,21-22,25,30H,9,14-17,20H2,1-2H3,(H,33,35). The Morgan fingerprint density at radius 1 is 0.974 bits per heavy atom. The van der Waals surface area contributed by atoms with Gasteiger partial charge in [0, 0.05) is 12.6 Å². The van der Waals surface area contributed by atoms with Gasteiger partial charge in [-0.15, -0.1) is 0 Å². The van der Waals surface area contributed by atoms with Crippen molar-refractivity contribution in [2.75, 3.05) is 13.1 Å². The Bertz CT molecular complexity index is 1370. The average molecular weight is 551 g/mol. The monoisotopic (exact) mass is 550 g/mol. The fourth-order valence-electron chi connectivity index (χ4n) is 5.22. The molecule has 1 N–H and O–H groups in total. The Morgan fingerprint density at radius 2 is 1.59 bits per heavy atom. The SMILES string of the molecule is CC(C)S(=O)(=O)NC(=O)c1cc(C2CC2)c(OC2CCCN(C(c3ccccc3)c3ccccc3)C2)cc1F. The van der Waals surface area contributed by atoms with Crippen molar-refractivity contribution >= 4 is 15.9 Å². The molecule has 2 aliphatic rings. The lowest BCUT2D eigenvalue weighted by atomic mass is 9.94. The second-order valence-electron chi connectivity index (χ2n) is 10.8. The number of sulfonamides is 1. The highest BCUT2D eigenvalue weighted by Gasteiger charge is 2.33. The number of carbonyl (C=O) groups is 1. The van der Waals surface area contributed by atoms with E-state index < -0.39 is 27.0 Å². The molecule has 39 heavy (non-hydrogen) atoms. The van der Waals surface area contributed by atoms with Crippen molar-refractivity contribution < 1.29 is 22.3 Å². The van der Waals surface area contributed by atoms with Crippen LogP contribution in [0.1, 0.15) is 78.5 Å². The second kappa shape index (κ2) is 11.5. The number of ether oxygens (including phenoxy) is 1. The van der Waals surface area contributed by atoms with E-state index in [1.807, 2.05) is 16.9 Å². The smallest absolute Gasteiger partial charge is 0.267 e. The van der Waals surface area contributed by atoms with Crippen LogP contribution in [0, 0.1) is 5.82 Å². The Labute approximate surface area is 230 Å². The summed E-state index contributed by atoms with van der Waals surface area (Å²) in [5.41, 5.74) is 2.91. The van der Waals surface area contributed by atoms with Gasteiger partial charge >= 0.3 is 0 Å². The summed E-state index contributed by atoms with van der Waals surface area (Å²) in [6, 6.07) is 23.6. The van der Waals surface area contributed by atoms with E-state index >= 15 is 4.39 Å². The van der Waals surface area contributed by atoms with Crippen LogP contribution in [0.3, 0.4) is 0 Å². The van der Waals surface area contributed by atoms with Crippen molar-refractivity contribution in [1.82, 2.24) is 9.62 Å². The van der Waals surface area contributed by atoms with Gasteiger partial charge in [-0.05, 0) is 74.8 Å². The van der Waals surface area contributed by atoms with Crippen molar-refractivity contribution in [3.05, 3.63) is 101 Å². The van der Waals surface area contributed by atoms with Crippen molar-refractivity contribution in [2.45, 2.75) is 62.8 Å². The predicted molar refractivity (Wildman–Crippen MR) is 150 cm³/mol. The molecule has 1 aliphatic carbocycles. The van der Waals surface area contributed by atoms with Crippen LogP contribution in [0.25, 0.3) is 0 Å². The summed E-state index contributed by atoms with van der Waals surface area (Å²) >= 11 is 0. The first-order valence-electron chi connectivity index (χ1n) is 13.6. The van der Waals surface area contributed by atoms with Crippen molar-refractivity contribution in [1.29, 1.82) is 0 Å². The van der Waals surface area contributed by atoms with Gasteiger partial charge in [0.05, 0.1) is 16.9 Å². The van der Waals surface area contributed by atoms with Gasteiger partial charge in [-0.1, -0.05) is 60.7 Å². The zero-order valence-corrected chi connectivity index (χ0v) is 23.2. The second-order valence-corrected chi connectivity index (χ2v) is 13.0. The number of amides is 1. The third-order valence-electron chi connectivity index (χ3n) is 7.52. The summed E-state index contributed by atoms with van der Waals surface area (Å²) in [5.74, 6) is -1.12. The maximum absolute atomic E-state index is 15.2. The molecule has 0 aromatic heterocycles. The van der Waals surface area contributed by atoms with Crippen molar-refractivity contribution in [3.8, 4) is 5.75 Å². The van der Waals surface area contributed by atoms with Crippen LogP contribution >= 0.6 is 0 Å². The van der Waals surface area contributed by atoms with Crippen LogP contribution in [-0.4, -0.2) is 43.7 Å². The number of halogens is 1. The molecule has 3 aromatic rings. The molecule has 5 rings (SSSR count). The van der Waals surface area contributed by atoms with Crippen molar-refractivity contribution in [3.63, 3.8) is 0 Å². The van der Waals surface area contributed by atoms with Crippen molar-refractivity contribution in [2.24, 2.45) is 0 Å². The van der Waals surface area contributed by atoms with Gasteiger partial charge in [0.25, 0.3) is 5.91 Å². The first kappa shape index (κ1) is 27.3.